The number of phosphoric acid groups is 1. The summed E-state index contributed by atoms with van der Waals surface area (Å²) in [6.07, 6.45) is 4.15. The van der Waals surface area contributed by atoms with Gasteiger partial charge in [-0.25, -0.2) is 9.36 Å². The lowest BCUT2D eigenvalue weighted by atomic mass is 9.42. The number of hydrogen-bond donors (Lipinski definition) is 2. The van der Waals surface area contributed by atoms with Crippen LogP contribution in [0.25, 0.3) is 0 Å². The maximum atomic E-state index is 15.2. The van der Waals surface area contributed by atoms with Crippen LogP contribution in [0.5, 0.6) is 0 Å². The first-order valence-electron chi connectivity index (χ1n) is 23.4. The first-order chi connectivity index (χ1) is 31.2. The van der Waals surface area contributed by atoms with E-state index in [1.165, 1.54) is 0 Å². The molecule has 4 aromatic carbocycles. The summed E-state index contributed by atoms with van der Waals surface area (Å²) in [6, 6.07) is 37.6. The number of benzene rings is 4. The highest BCUT2D eigenvalue weighted by Gasteiger charge is 2.70. The van der Waals surface area contributed by atoms with Gasteiger partial charge in [0.2, 0.25) is 5.79 Å². The quantitative estimate of drug-likeness (QED) is 0.0593. The molecule has 2 N–H and O–H groups in total. The summed E-state index contributed by atoms with van der Waals surface area (Å²) >= 11 is 0. The van der Waals surface area contributed by atoms with E-state index in [9.17, 15) is 19.8 Å². The zero-order chi connectivity index (χ0) is 45.7. The number of carbonyl (C=O) groups excluding carboxylic acids is 2. The lowest BCUT2D eigenvalue weighted by Gasteiger charge is -2.65. The molecule has 12 heteroatoms. The van der Waals surface area contributed by atoms with Crippen LogP contribution in [0.1, 0.15) is 107 Å². The standard InChI is InChI=1S/C53H65O11P/c1-38(24-27-47(54)59-34-39-16-8-4-9-17-39)44-25-26-45-48-46(28-29-51(44,45)3)50(2)30-31-52(56,63-49(55)60-35-40-18-10-5-11-19-40)32-43(50)33-53(48,57)64-65(58,61-36-41-20-12-6-13-21-41)62-37-42-22-14-7-15-23-42/h4-23,38,43-46,48,56-57H,24-37H2,1-3H3/t38-,43?,44-,45+,46+,48+,50+,51-,52-,53-/m1/s1. The van der Waals surface area contributed by atoms with E-state index in [1.807, 2.05) is 121 Å². The molecule has 11 nitrogen and oxygen atoms in total. The van der Waals surface area contributed by atoms with Crippen molar-refractivity contribution in [1.82, 2.24) is 0 Å². The predicted octanol–water partition coefficient (Wildman–Crippen LogP) is 11.7. The second-order valence-corrected chi connectivity index (χ2v) is 21.3. The molecule has 0 bridgehead atoms. The fraction of sp³-hybridized carbons (Fsp3) is 0.509. The van der Waals surface area contributed by atoms with Gasteiger partial charge in [0.1, 0.15) is 13.2 Å². The third-order valence-corrected chi connectivity index (χ3v) is 17.2. The highest BCUT2D eigenvalue weighted by Crippen LogP contribution is 2.73. The Bertz CT molecular complexity index is 2200. The molecule has 4 aliphatic carbocycles. The molecule has 0 aliphatic heterocycles. The van der Waals surface area contributed by atoms with Crippen molar-refractivity contribution in [2.24, 2.45) is 46.3 Å². The number of carbonyl (C=O) groups is 2. The summed E-state index contributed by atoms with van der Waals surface area (Å²) in [5.41, 5.74) is 2.64. The lowest BCUT2D eigenvalue weighted by Crippen LogP contribution is -2.65. The Morgan fingerprint density at radius 1 is 0.646 bits per heavy atom. The van der Waals surface area contributed by atoms with E-state index in [0.717, 1.165) is 47.9 Å². The Balaban J connectivity index is 1.06. The van der Waals surface area contributed by atoms with Crippen LogP contribution in [-0.4, -0.2) is 33.9 Å². The number of aliphatic hydroxyl groups is 2. The molecule has 0 radical (unpaired) electrons. The largest absolute Gasteiger partial charge is 0.511 e. The number of ether oxygens (including phenoxy) is 3. The predicted molar refractivity (Wildman–Crippen MR) is 244 cm³/mol. The van der Waals surface area contributed by atoms with Crippen LogP contribution in [0, 0.1) is 46.3 Å². The van der Waals surface area contributed by atoms with Crippen molar-refractivity contribution in [3.8, 4) is 0 Å². The fourth-order valence-electron chi connectivity index (χ4n) is 12.3. The van der Waals surface area contributed by atoms with Crippen molar-refractivity contribution in [3.05, 3.63) is 144 Å². The van der Waals surface area contributed by atoms with Gasteiger partial charge >= 0.3 is 19.9 Å². The average molecular weight is 909 g/mol. The first kappa shape index (κ1) is 47.2. The molecule has 0 aromatic heterocycles. The van der Waals surface area contributed by atoms with E-state index in [4.69, 9.17) is 27.8 Å². The topological polar surface area (TPSA) is 147 Å². The molecule has 4 aromatic rings. The Hall–Kier alpha value is -4.35. The van der Waals surface area contributed by atoms with Crippen LogP contribution in [0.3, 0.4) is 0 Å². The third kappa shape index (κ3) is 10.8. The number of hydrogen-bond acceptors (Lipinski definition) is 11. The Morgan fingerprint density at radius 2 is 1.15 bits per heavy atom. The molecule has 0 heterocycles. The van der Waals surface area contributed by atoms with Crippen molar-refractivity contribution >= 4 is 19.9 Å². The van der Waals surface area contributed by atoms with E-state index < -0.39 is 42.8 Å². The zero-order valence-corrected chi connectivity index (χ0v) is 38.8. The minimum atomic E-state index is -4.52. The summed E-state index contributed by atoms with van der Waals surface area (Å²) in [5, 5.41) is 25.5. The highest BCUT2D eigenvalue weighted by atomic mass is 31.2. The number of fused-ring (bicyclic) bond motifs is 5. The number of phosphoric ester groups is 1. The smallest absolute Gasteiger partial charge is 0.461 e. The number of esters is 1. The SMILES string of the molecule is C[C@H](CCC(=O)OCc1ccccc1)[C@H]1CC[C@H]2[C@H]3[C@H](CC[C@]12C)[C@@]1(C)CC[C@@](O)(OC(=O)OCc2ccccc2)CC1C[C@@]3(O)OP(=O)(OCc1ccccc1)OCc1ccccc1. The van der Waals surface area contributed by atoms with Crippen LogP contribution < -0.4 is 0 Å². The van der Waals surface area contributed by atoms with Gasteiger partial charge in [-0.2, -0.15) is 0 Å². The van der Waals surface area contributed by atoms with Crippen molar-refractivity contribution in [3.63, 3.8) is 0 Å². The molecule has 4 aliphatic rings. The van der Waals surface area contributed by atoms with Crippen molar-refractivity contribution in [2.75, 3.05) is 0 Å². The van der Waals surface area contributed by atoms with Gasteiger partial charge in [-0.15, -0.1) is 0 Å². The van der Waals surface area contributed by atoms with E-state index in [1.54, 1.807) is 0 Å². The van der Waals surface area contributed by atoms with Gasteiger partial charge in [0.05, 0.1) is 13.2 Å². The summed E-state index contributed by atoms with van der Waals surface area (Å²) in [5.74, 6) is -4.64. The fourth-order valence-corrected chi connectivity index (χ4v) is 13.7. The molecule has 10 atom stereocenters. The van der Waals surface area contributed by atoms with Crippen LogP contribution in [0.15, 0.2) is 121 Å². The third-order valence-electron chi connectivity index (χ3n) is 15.7. The van der Waals surface area contributed by atoms with Crippen molar-refractivity contribution in [1.29, 1.82) is 0 Å². The van der Waals surface area contributed by atoms with E-state index in [0.29, 0.717) is 19.3 Å². The summed E-state index contributed by atoms with van der Waals surface area (Å²) < 4.78 is 51.1. The molecule has 0 amide bonds. The Kier molecular flexibility index (Phi) is 14.4. The molecule has 0 spiro atoms. The summed E-state index contributed by atoms with van der Waals surface area (Å²) in [6.45, 7) is 6.87. The molecule has 1 unspecified atom stereocenters. The molecule has 0 saturated heterocycles. The monoisotopic (exact) mass is 908 g/mol. The van der Waals surface area contributed by atoms with Gasteiger partial charge in [-0.3, -0.25) is 18.4 Å². The summed E-state index contributed by atoms with van der Waals surface area (Å²) in [7, 11) is -4.52. The highest BCUT2D eigenvalue weighted by molar-refractivity contribution is 7.48. The van der Waals surface area contributed by atoms with Crippen LogP contribution in [0.4, 0.5) is 4.79 Å². The van der Waals surface area contributed by atoms with Gasteiger partial charge in [0.15, 0.2) is 5.79 Å². The van der Waals surface area contributed by atoms with Gasteiger partial charge in [-0.05, 0) is 101 Å². The molecule has 8 rings (SSSR count). The minimum Gasteiger partial charge on any atom is -0.461 e. The first-order valence-corrected chi connectivity index (χ1v) is 24.9. The van der Waals surface area contributed by atoms with Gasteiger partial charge < -0.3 is 24.4 Å². The maximum absolute atomic E-state index is 15.2. The second kappa shape index (κ2) is 19.9. The molecule has 348 valence electrons. The van der Waals surface area contributed by atoms with Gasteiger partial charge in [-0.1, -0.05) is 142 Å². The van der Waals surface area contributed by atoms with E-state index in [2.05, 4.69) is 20.8 Å². The van der Waals surface area contributed by atoms with Gasteiger partial charge in [0.25, 0.3) is 0 Å². The molecule has 4 saturated carbocycles. The molecular weight excluding hydrogens is 844 g/mol. The number of rotatable bonds is 17. The Labute approximate surface area is 383 Å². The average Bonchev–Trinajstić information content (AvgIpc) is 3.67. The molecule has 4 fully saturated rings. The lowest BCUT2D eigenvalue weighted by molar-refractivity contribution is -0.315. The van der Waals surface area contributed by atoms with Crippen LogP contribution >= 0.6 is 7.82 Å². The van der Waals surface area contributed by atoms with Gasteiger partial charge in [0, 0.05) is 31.6 Å². The normalized spacial score (nSPS) is 31.1. The van der Waals surface area contributed by atoms with E-state index in [-0.39, 0.29) is 80.7 Å². The Morgan fingerprint density at radius 3 is 1.71 bits per heavy atom. The van der Waals surface area contributed by atoms with Crippen molar-refractivity contribution in [2.45, 2.75) is 123 Å². The maximum Gasteiger partial charge on any atom is 0.511 e. The molecule has 65 heavy (non-hydrogen) atoms. The zero-order valence-electron chi connectivity index (χ0n) is 37.9. The second-order valence-electron chi connectivity index (χ2n) is 19.7. The minimum absolute atomic E-state index is 0.00282. The van der Waals surface area contributed by atoms with Crippen LogP contribution in [-0.2, 0) is 63.6 Å². The van der Waals surface area contributed by atoms with Crippen LogP contribution in [0.2, 0.25) is 0 Å². The van der Waals surface area contributed by atoms with E-state index >= 15 is 4.57 Å². The summed E-state index contributed by atoms with van der Waals surface area (Å²) in [4.78, 5) is 26.1. The van der Waals surface area contributed by atoms with Crippen molar-refractivity contribution < 1.29 is 52.1 Å². The molecular formula is C53H65O11P.